The Morgan fingerprint density at radius 1 is 1.12 bits per heavy atom. The summed E-state index contributed by atoms with van der Waals surface area (Å²) in [7, 11) is 3.47. The van der Waals surface area contributed by atoms with Crippen LogP contribution < -0.4 is 4.74 Å². The summed E-state index contributed by atoms with van der Waals surface area (Å²) in [4.78, 5) is 50.1. The SMILES string of the molecule is COc1ccc2c(c1)c(CC(=O)OCn1ccc3c([N+](C)=CC4CN(C(=O)CC#N)CC[C@H]4C)ncnc31)c(C)n2C(=O)c1ccc(Cl)cc1. The van der Waals surface area contributed by atoms with E-state index in [9.17, 15) is 14.4 Å². The molecule has 6 rings (SSSR count). The van der Waals surface area contributed by atoms with Crippen molar-refractivity contribution in [3.8, 4) is 11.8 Å². The zero-order valence-corrected chi connectivity index (χ0v) is 29.1. The van der Waals surface area contributed by atoms with Crippen molar-refractivity contribution in [1.82, 2.24) is 24.0 Å². The lowest BCUT2D eigenvalue weighted by Crippen LogP contribution is -2.44. The first-order valence-electron chi connectivity index (χ1n) is 16.3. The molecular weight excluding hydrogens is 658 g/mol. The number of esters is 1. The molecule has 0 N–H and O–H groups in total. The van der Waals surface area contributed by atoms with E-state index in [-0.39, 0.29) is 37.3 Å². The maximum absolute atomic E-state index is 13.6. The van der Waals surface area contributed by atoms with Gasteiger partial charge in [-0.05, 0) is 78.3 Å². The predicted octanol–water partition coefficient (Wildman–Crippen LogP) is 5.53. The van der Waals surface area contributed by atoms with E-state index in [2.05, 4.69) is 23.1 Å². The third kappa shape index (κ3) is 6.82. The minimum Gasteiger partial charge on any atom is -0.497 e. The van der Waals surface area contributed by atoms with Crippen LogP contribution in [-0.4, -0.2) is 79.8 Å². The van der Waals surface area contributed by atoms with Gasteiger partial charge in [0.2, 0.25) is 12.2 Å². The van der Waals surface area contributed by atoms with Gasteiger partial charge in [-0.1, -0.05) is 18.5 Å². The molecule has 1 saturated heterocycles. The number of nitrogens with zero attached hydrogens (tertiary/aromatic N) is 7. The largest absolute Gasteiger partial charge is 0.497 e. The Labute approximate surface area is 294 Å². The molecule has 0 bridgehead atoms. The molecule has 0 spiro atoms. The minimum atomic E-state index is -0.475. The maximum Gasteiger partial charge on any atom is 0.335 e. The number of rotatable bonds is 9. The third-order valence-electron chi connectivity index (χ3n) is 9.41. The predicted molar refractivity (Wildman–Crippen MR) is 188 cm³/mol. The topological polar surface area (TPSA) is 135 Å². The molecule has 1 fully saturated rings. The number of benzene rings is 2. The van der Waals surface area contributed by atoms with Crippen LogP contribution >= 0.6 is 11.6 Å². The summed E-state index contributed by atoms with van der Waals surface area (Å²) >= 11 is 6.05. The Balaban J connectivity index is 1.21. The lowest BCUT2D eigenvalue weighted by Gasteiger charge is -2.34. The van der Waals surface area contributed by atoms with Gasteiger partial charge in [0.15, 0.2) is 12.4 Å². The van der Waals surface area contributed by atoms with Crippen molar-refractivity contribution in [3.05, 3.63) is 82.9 Å². The monoisotopic (exact) mass is 694 g/mol. The molecule has 2 aromatic carbocycles. The van der Waals surface area contributed by atoms with Crippen LogP contribution in [0.25, 0.3) is 21.9 Å². The number of aromatic nitrogens is 4. The molecule has 256 valence electrons. The Morgan fingerprint density at radius 3 is 2.64 bits per heavy atom. The molecule has 5 aromatic rings. The van der Waals surface area contributed by atoms with Gasteiger partial charge in [0.1, 0.15) is 17.6 Å². The fourth-order valence-corrected chi connectivity index (χ4v) is 6.69. The zero-order chi connectivity index (χ0) is 35.5. The van der Waals surface area contributed by atoms with Crippen LogP contribution in [-0.2, 0) is 27.5 Å². The number of carbonyl (C=O) groups excluding carboxylic acids is 3. The third-order valence-corrected chi connectivity index (χ3v) is 9.66. The first-order chi connectivity index (χ1) is 24.1. The van der Waals surface area contributed by atoms with E-state index in [0.29, 0.717) is 69.0 Å². The molecule has 1 amide bonds. The number of piperidine rings is 1. The van der Waals surface area contributed by atoms with E-state index < -0.39 is 5.97 Å². The van der Waals surface area contributed by atoms with E-state index in [4.69, 9.17) is 26.3 Å². The number of likely N-dealkylation sites (tertiary alicyclic amines) is 1. The van der Waals surface area contributed by atoms with Crippen LogP contribution in [0, 0.1) is 30.1 Å². The molecule has 0 radical (unpaired) electrons. The summed E-state index contributed by atoms with van der Waals surface area (Å²) in [5.41, 5.74) is 2.99. The van der Waals surface area contributed by atoms with Crippen molar-refractivity contribution in [2.24, 2.45) is 11.8 Å². The fourth-order valence-electron chi connectivity index (χ4n) is 6.57. The van der Waals surface area contributed by atoms with Crippen LogP contribution in [0.3, 0.4) is 0 Å². The maximum atomic E-state index is 13.6. The molecule has 2 atom stereocenters. The zero-order valence-electron chi connectivity index (χ0n) is 28.3. The van der Waals surface area contributed by atoms with Gasteiger partial charge in [-0.3, -0.25) is 23.5 Å². The number of hydrogen-bond donors (Lipinski definition) is 0. The van der Waals surface area contributed by atoms with Crippen molar-refractivity contribution in [2.45, 2.75) is 39.8 Å². The average Bonchev–Trinajstić information content (AvgIpc) is 3.65. The Hall–Kier alpha value is -5.54. The number of halogens is 1. The van der Waals surface area contributed by atoms with Crippen LogP contribution in [0.5, 0.6) is 5.75 Å². The Bertz CT molecular complexity index is 2180. The fraction of sp³-hybridized carbons (Fsp3) is 0.324. The van der Waals surface area contributed by atoms with Gasteiger partial charge >= 0.3 is 11.8 Å². The second-order valence-electron chi connectivity index (χ2n) is 12.5. The van der Waals surface area contributed by atoms with Gasteiger partial charge in [0.25, 0.3) is 5.91 Å². The summed E-state index contributed by atoms with van der Waals surface area (Å²) in [5, 5.41) is 11.0. The highest BCUT2D eigenvalue weighted by Crippen LogP contribution is 2.31. The van der Waals surface area contributed by atoms with Gasteiger partial charge in [-0.2, -0.15) is 10.2 Å². The summed E-state index contributed by atoms with van der Waals surface area (Å²) in [6.45, 7) is 5.08. The summed E-state index contributed by atoms with van der Waals surface area (Å²) in [5.74, 6) is 0.839. The van der Waals surface area contributed by atoms with Gasteiger partial charge in [0.05, 0.1) is 38.4 Å². The highest BCUT2D eigenvalue weighted by Gasteiger charge is 2.30. The van der Waals surface area contributed by atoms with E-state index in [1.807, 2.05) is 36.7 Å². The van der Waals surface area contributed by atoms with Crippen molar-refractivity contribution < 1.29 is 28.4 Å². The molecule has 1 aliphatic heterocycles. The second-order valence-corrected chi connectivity index (χ2v) is 12.9. The molecule has 50 heavy (non-hydrogen) atoms. The number of ether oxygens (including phenoxy) is 2. The molecule has 4 heterocycles. The van der Waals surface area contributed by atoms with Gasteiger partial charge < -0.3 is 14.4 Å². The number of carbonyl (C=O) groups is 3. The summed E-state index contributed by atoms with van der Waals surface area (Å²) < 4.78 is 16.5. The van der Waals surface area contributed by atoms with Crippen LogP contribution in [0.4, 0.5) is 5.82 Å². The highest BCUT2D eigenvalue weighted by molar-refractivity contribution is 6.30. The smallest absolute Gasteiger partial charge is 0.335 e. The van der Waals surface area contributed by atoms with Crippen molar-refractivity contribution in [1.29, 1.82) is 5.26 Å². The first kappa shape index (κ1) is 34.3. The van der Waals surface area contributed by atoms with Crippen molar-refractivity contribution in [2.75, 3.05) is 27.2 Å². The van der Waals surface area contributed by atoms with Gasteiger partial charge in [-0.15, -0.1) is 0 Å². The van der Waals surface area contributed by atoms with Crippen molar-refractivity contribution >= 4 is 63.4 Å². The Kier molecular flexibility index (Phi) is 9.97. The van der Waals surface area contributed by atoms with Gasteiger partial charge in [0, 0.05) is 46.9 Å². The molecule has 0 aliphatic carbocycles. The van der Waals surface area contributed by atoms with E-state index in [0.717, 1.165) is 11.8 Å². The molecule has 13 heteroatoms. The van der Waals surface area contributed by atoms with Crippen molar-refractivity contribution in [3.63, 3.8) is 0 Å². The average molecular weight is 695 g/mol. The lowest BCUT2D eigenvalue weighted by atomic mass is 9.87. The van der Waals surface area contributed by atoms with Crippen LogP contribution in [0.15, 0.2) is 61.1 Å². The van der Waals surface area contributed by atoms with E-state index in [1.54, 1.807) is 63.7 Å². The van der Waals surface area contributed by atoms with Crippen LogP contribution in [0.2, 0.25) is 5.02 Å². The highest BCUT2D eigenvalue weighted by atomic mass is 35.5. The molecule has 1 aliphatic rings. The minimum absolute atomic E-state index is 0.0685. The number of fused-ring (bicyclic) bond motifs is 2. The normalized spacial score (nSPS) is 16.4. The standard InChI is InChI=1S/C37H37ClN7O5/c1-23-12-15-43(33(46)11-14-39)20-26(23)19-42(3)35-29-13-16-44(36(29)41-21-40-35)22-50-34(47)18-30-24(2)45(32-10-9-28(49-4)17-31(30)32)37(48)25-5-7-27(38)8-6-25/h5-10,13,16-17,19,21,23,26H,11-12,15,18,20,22H2,1-4H3/q+1/t23-,26?/m1/s1. The number of nitriles is 1. The number of hydrogen-bond acceptors (Lipinski definition) is 8. The molecule has 1 unspecified atom stereocenters. The summed E-state index contributed by atoms with van der Waals surface area (Å²) in [6.07, 6.45) is 5.99. The van der Waals surface area contributed by atoms with Crippen LogP contribution in [0.1, 0.15) is 41.4 Å². The molecule has 12 nitrogen and oxygen atoms in total. The second kappa shape index (κ2) is 14.5. The first-order valence-corrected chi connectivity index (χ1v) is 16.6. The number of methoxy groups -OCH3 is 1. The van der Waals surface area contributed by atoms with Gasteiger partial charge in [-0.25, -0.2) is 4.58 Å². The number of amides is 1. The molecule has 0 saturated carbocycles. The molecule has 3 aromatic heterocycles. The quantitative estimate of drug-likeness (QED) is 0.112. The summed E-state index contributed by atoms with van der Waals surface area (Å²) in [6, 6.07) is 15.9. The van der Waals surface area contributed by atoms with E-state index in [1.165, 1.54) is 6.33 Å². The lowest BCUT2D eigenvalue weighted by molar-refractivity contribution is -0.405. The Morgan fingerprint density at radius 2 is 1.90 bits per heavy atom. The van der Waals surface area contributed by atoms with E-state index >= 15 is 0 Å². The molecular formula is C37H37ClN7O5+.